The van der Waals surface area contributed by atoms with Gasteiger partial charge in [-0.15, -0.1) is 0 Å². The van der Waals surface area contributed by atoms with Crippen LogP contribution in [0.2, 0.25) is 0 Å². The van der Waals surface area contributed by atoms with Crippen LogP contribution in [0.25, 0.3) is 21.9 Å². The summed E-state index contributed by atoms with van der Waals surface area (Å²) in [7, 11) is 6.39. The highest BCUT2D eigenvalue weighted by atomic mass is 16.5. The van der Waals surface area contributed by atoms with Crippen LogP contribution in [0.15, 0.2) is 48.5 Å². The van der Waals surface area contributed by atoms with Crippen molar-refractivity contribution in [2.45, 2.75) is 26.3 Å². The molecule has 0 spiro atoms. The van der Waals surface area contributed by atoms with Crippen LogP contribution in [0, 0.1) is 5.41 Å². The fourth-order valence-corrected chi connectivity index (χ4v) is 4.90. The first kappa shape index (κ1) is 24.4. The largest absolute Gasteiger partial charge is 0.493 e. The van der Waals surface area contributed by atoms with Crippen LogP contribution < -0.4 is 19.5 Å². The van der Waals surface area contributed by atoms with Crippen molar-refractivity contribution in [2.24, 2.45) is 5.41 Å². The lowest BCUT2D eigenvalue weighted by atomic mass is 9.74. The Hall–Kier alpha value is -3.74. The molecular weight excluding hydrogens is 444 g/mol. The van der Waals surface area contributed by atoms with Crippen LogP contribution in [-0.4, -0.2) is 57.7 Å². The predicted molar refractivity (Wildman–Crippen MR) is 136 cm³/mol. The summed E-state index contributed by atoms with van der Waals surface area (Å²) >= 11 is 0. The van der Waals surface area contributed by atoms with E-state index in [1.165, 1.54) is 0 Å². The second-order valence-electron chi connectivity index (χ2n) is 9.51. The number of likely N-dealkylation sites (tertiary alicyclic amines) is 1. The normalized spacial score (nSPS) is 16.4. The van der Waals surface area contributed by atoms with Crippen molar-refractivity contribution in [3.05, 3.63) is 54.1 Å². The van der Waals surface area contributed by atoms with Gasteiger partial charge in [0.15, 0.2) is 11.5 Å². The lowest BCUT2D eigenvalue weighted by Crippen LogP contribution is -2.69. The summed E-state index contributed by atoms with van der Waals surface area (Å²) in [5, 5.41) is 4.78. The van der Waals surface area contributed by atoms with Gasteiger partial charge in [0.05, 0.1) is 27.8 Å². The van der Waals surface area contributed by atoms with E-state index in [4.69, 9.17) is 14.2 Å². The maximum atomic E-state index is 13.0. The number of nitrogens with one attached hydrogen (secondary N) is 1. The number of hydrogen-bond donors (Lipinski definition) is 1. The first-order valence-corrected chi connectivity index (χ1v) is 11.6. The van der Waals surface area contributed by atoms with Gasteiger partial charge in [0.2, 0.25) is 17.6 Å². The van der Waals surface area contributed by atoms with Crippen LogP contribution >= 0.6 is 0 Å². The van der Waals surface area contributed by atoms with Crippen molar-refractivity contribution in [1.29, 1.82) is 0 Å². The van der Waals surface area contributed by atoms with Gasteiger partial charge in [-0.05, 0) is 45.7 Å². The molecule has 1 saturated heterocycles. The van der Waals surface area contributed by atoms with E-state index in [0.29, 0.717) is 23.8 Å². The second-order valence-corrected chi connectivity index (χ2v) is 9.51. The lowest BCUT2D eigenvalue weighted by molar-refractivity contribution is -0.160. The Bertz CT molecular complexity index is 1260. The smallest absolute Gasteiger partial charge is 0.243 e. The van der Waals surface area contributed by atoms with E-state index in [0.717, 1.165) is 27.5 Å². The minimum Gasteiger partial charge on any atom is -0.493 e. The highest BCUT2D eigenvalue weighted by Crippen LogP contribution is 2.42. The molecule has 1 fully saturated rings. The van der Waals surface area contributed by atoms with E-state index in [9.17, 15) is 9.59 Å². The standard InChI is InChI=1S/C28H32N2O5/c1-28(2)16-30(26(28)27(32)29-3)24(31)12-17-7-8-19-13-20(10-9-18(19)11-17)21-14-22(33-4)25(35-6)23(15-21)34-5/h7-11,13-15,26H,12,16H2,1-6H3,(H,29,32). The second kappa shape index (κ2) is 9.49. The molecule has 4 rings (SSSR count). The number of fused-ring (bicyclic) bond motifs is 1. The Balaban J connectivity index is 1.57. The molecule has 0 aliphatic carbocycles. The molecule has 35 heavy (non-hydrogen) atoms. The van der Waals surface area contributed by atoms with E-state index < -0.39 is 6.04 Å². The van der Waals surface area contributed by atoms with Crippen LogP contribution in [0.3, 0.4) is 0 Å². The molecule has 0 saturated carbocycles. The summed E-state index contributed by atoms with van der Waals surface area (Å²) in [6.07, 6.45) is 0.258. The van der Waals surface area contributed by atoms with Crippen molar-refractivity contribution >= 4 is 22.6 Å². The SMILES string of the molecule is CNC(=O)C1N(C(=O)Cc2ccc3cc(-c4cc(OC)c(OC)c(OC)c4)ccc3c2)CC1(C)C. The number of benzene rings is 3. The maximum Gasteiger partial charge on any atom is 0.243 e. The molecule has 1 aliphatic rings. The predicted octanol–water partition coefficient (Wildman–Crippen LogP) is 4.06. The average molecular weight is 477 g/mol. The zero-order valence-corrected chi connectivity index (χ0v) is 21.1. The summed E-state index contributed by atoms with van der Waals surface area (Å²) in [4.78, 5) is 26.9. The summed E-state index contributed by atoms with van der Waals surface area (Å²) < 4.78 is 16.4. The van der Waals surface area contributed by atoms with Crippen molar-refractivity contribution in [3.8, 4) is 28.4 Å². The molecule has 0 radical (unpaired) electrons. The van der Waals surface area contributed by atoms with Gasteiger partial charge in [-0.25, -0.2) is 0 Å². The monoisotopic (exact) mass is 476 g/mol. The zero-order chi connectivity index (χ0) is 25.3. The fourth-order valence-electron chi connectivity index (χ4n) is 4.90. The van der Waals surface area contributed by atoms with Gasteiger partial charge < -0.3 is 24.4 Å². The maximum absolute atomic E-state index is 13.0. The van der Waals surface area contributed by atoms with Gasteiger partial charge in [-0.3, -0.25) is 9.59 Å². The Morgan fingerprint density at radius 2 is 1.54 bits per heavy atom. The van der Waals surface area contributed by atoms with Crippen LogP contribution in [0.5, 0.6) is 17.2 Å². The fraction of sp³-hybridized carbons (Fsp3) is 0.357. The minimum absolute atomic E-state index is 0.0358. The quantitative estimate of drug-likeness (QED) is 0.557. The molecule has 0 aromatic heterocycles. The summed E-state index contributed by atoms with van der Waals surface area (Å²) in [6, 6.07) is 15.6. The highest BCUT2D eigenvalue weighted by molar-refractivity contribution is 5.92. The number of ether oxygens (including phenoxy) is 3. The number of nitrogens with zero attached hydrogens (tertiary/aromatic N) is 1. The molecule has 1 N–H and O–H groups in total. The third kappa shape index (κ3) is 4.50. The molecule has 1 heterocycles. The topological polar surface area (TPSA) is 77.1 Å². The third-order valence-electron chi connectivity index (χ3n) is 6.70. The van der Waals surface area contributed by atoms with E-state index in [1.807, 2.05) is 56.3 Å². The number of carbonyl (C=O) groups excluding carboxylic acids is 2. The van der Waals surface area contributed by atoms with E-state index >= 15 is 0 Å². The molecule has 3 aromatic carbocycles. The number of carbonyl (C=O) groups is 2. The molecule has 7 heteroatoms. The van der Waals surface area contributed by atoms with E-state index in [2.05, 4.69) is 11.4 Å². The summed E-state index contributed by atoms with van der Waals surface area (Å²) in [5.74, 6) is 1.59. The van der Waals surface area contributed by atoms with Crippen LogP contribution in [0.4, 0.5) is 0 Å². The molecule has 1 atom stereocenters. The van der Waals surface area contributed by atoms with Crippen molar-refractivity contribution < 1.29 is 23.8 Å². The van der Waals surface area contributed by atoms with Gasteiger partial charge in [-0.1, -0.05) is 44.2 Å². The molecule has 1 aliphatic heterocycles. The van der Waals surface area contributed by atoms with Gasteiger partial charge in [0, 0.05) is 19.0 Å². The first-order chi connectivity index (χ1) is 16.7. The van der Waals surface area contributed by atoms with E-state index in [1.54, 1.807) is 33.3 Å². The third-order valence-corrected chi connectivity index (χ3v) is 6.70. The van der Waals surface area contributed by atoms with Crippen molar-refractivity contribution in [3.63, 3.8) is 0 Å². The number of rotatable bonds is 7. The number of amides is 2. The number of methoxy groups -OCH3 is 3. The first-order valence-electron chi connectivity index (χ1n) is 11.6. The Labute approximate surface area is 206 Å². The minimum atomic E-state index is -0.429. The molecule has 1 unspecified atom stereocenters. The zero-order valence-electron chi connectivity index (χ0n) is 21.1. The Morgan fingerprint density at radius 1 is 0.914 bits per heavy atom. The van der Waals surface area contributed by atoms with Crippen molar-refractivity contribution in [2.75, 3.05) is 34.9 Å². The molecule has 2 amide bonds. The van der Waals surface area contributed by atoms with Crippen LogP contribution in [0.1, 0.15) is 19.4 Å². The highest BCUT2D eigenvalue weighted by Gasteiger charge is 2.51. The number of hydrogen-bond acceptors (Lipinski definition) is 5. The van der Waals surface area contributed by atoms with E-state index in [-0.39, 0.29) is 23.7 Å². The molecule has 0 bridgehead atoms. The Kier molecular flexibility index (Phi) is 6.61. The molecule has 3 aromatic rings. The van der Waals surface area contributed by atoms with Gasteiger partial charge >= 0.3 is 0 Å². The van der Waals surface area contributed by atoms with Crippen LogP contribution in [-0.2, 0) is 16.0 Å². The van der Waals surface area contributed by atoms with Gasteiger partial charge in [0.1, 0.15) is 6.04 Å². The van der Waals surface area contributed by atoms with Gasteiger partial charge in [-0.2, -0.15) is 0 Å². The Morgan fingerprint density at radius 3 is 2.11 bits per heavy atom. The molecule has 7 nitrogen and oxygen atoms in total. The van der Waals surface area contributed by atoms with Crippen molar-refractivity contribution in [1.82, 2.24) is 10.2 Å². The summed E-state index contributed by atoms with van der Waals surface area (Å²) in [6.45, 7) is 4.60. The average Bonchev–Trinajstić information content (AvgIpc) is 2.85. The van der Waals surface area contributed by atoms with Gasteiger partial charge in [0.25, 0.3) is 0 Å². The summed E-state index contributed by atoms with van der Waals surface area (Å²) in [5.41, 5.74) is 2.66. The number of likely N-dealkylation sites (N-methyl/N-ethyl adjacent to an activating group) is 1. The molecular formula is C28H32N2O5. The molecule has 184 valence electrons. The lowest BCUT2D eigenvalue weighted by Gasteiger charge is -2.52.